The van der Waals surface area contributed by atoms with Crippen molar-refractivity contribution < 1.29 is 33.4 Å². The van der Waals surface area contributed by atoms with Gasteiger partial charge in [0.15, 0.2) is 0 Å². The van der Waals surface area contributed by atoms with Gasteiger partial charge in [-0.3, -0.25) is 14.6 Å². The SMILES string of the molecule is COC(=O)NC(C(=O)N1[C@@H]2CC[C@@H](C2)[C@H]1C1=Nc2ccc(-c3ccc4c(c3)OCc3cc(-c5cnc([C@@H]6CCCN6C(=O)[C@@H](NC(=O)OC)C(C)C)[nH]5)ccc3-4)cc2C1)C(C)C. The third-order valence-electron chi connectivity index (χ3n) is 13.5. The second-order valence-corrected chi connectivity index (χ2v) is 18.0. The van der Waals surface area contributed by atoms with Gasteiger partial charge < -0.3 is 39.6 Å². The van der Waals surface area contributed by atoms with Crippen LogP contribution in [0.5, 0.6) is 5.75 Å². The zero-order valence-electron chi connectivity index (χ0n) is 36.2. The molecule has 4 amide bonds. The molecule has 0 spiro atoms. The molecule has 4 aromatic rings. The van der Waals surface area contributed by atoms with E-state index in [1.54, 1.807) is 0 Å². The normalized spacial score (nSPS) is 21.8. The molecule has 5 heterocycles. The summed E-state index contributed by atoms with van der Waals surface area (Å²) < 4.78 is 16.0. The molecule has 1 aliphatic carbocycles. The fourth-order valence-corrected chi connectivity index (χ4v) is 10.4. The van der Waals surface area contributed by atoms with E-state index in [0.29, 0.717) is 25.5 Å². The Labute approximate surface area is 361 Å². The van der Waals surface area contributed by atoms with Crippen LogP contribution in [0.2, 0.25) is 0 Å². The van der Waals surface area contributed by atoms with E-state index in [-0.39, 0.29) is 41.8 Å². The molecule has 3 aromatic carbocycles. The lowest BCUT2D eigenvalue weighted by Crippen LogP contribution is -2.57. The van der Waals surface area contributed by atoms with E-state index in [2.05, 4.69) is 70.2 Å². The molecule has 324 valence electrons. The number of amides is 4. The van der Waals surface area contributed by atoms with Crippen LogP contribution in [0, 0.1) is 17.8 Å². The number of nitrogens with one attached hydrogen (secondary N) is 3. The van der Waals surface area contributed by atoms with Crippen LogP contribution in [0.15, 0.2) is 65.8 Å². The number of nitrogens with zero attached hydrogens (tertiary/aromatic N) is 4. The minimum Gasteiger partial charge on any atom is -0.488 e. The lowest BCUT2D eigenvalue weighted by Gasteiger charge is -2.38. The van der Waals surface area contributed by atoms with E-state index in [1.807, 2.05) is 43.7 Å². The summed E-state index contributed by atoms with van der Waals surface area (Å²) in [5.74, 6) is 1.51. The maximum atomic E-state index is 14.1. The number of rotatable bonds is 10. The number of alkyl carbamates (subject to hydrolysis) is 2. The second kappa shape index (κ2) is 16.6. The number of likely N-dealkylation sites (tertiary alicyclic amines) is 2. The quantitative estimate of drug-likeness (QED) is 0.146. The van der Waals surface area contributed by atoms with Crippen molar-refractivity contribution in [2.24, 2.45) is 22.7 Å². The molecule has 14 heteroatoms. The van der Waals surface area contributed by atoms with Crippen molar-refractivity contribution in [3.05, 3.63) is 77.7 Å². The van der Waals surface area contributed by atoms with Crippen LogP contribution < -0.4 is 15.4 Å². The molecule has 2 bridgehead atoms. The highest BCUT2D eigenvalue weighted by Gasteiger charge is 2.52. The summed E-state index contributed by atoms with van der Waals surface area (Å²) in [5, 5.41) is 5.50. The minimum absolute atomic E-state index is 0.0573. The Balaban J connectivity index is 0.892. The zero-order chi connectivity index (χ0) is 43.4. The van der Waals surface area contributed by atoms with Crippen molar-refractivity contribution in [2.75, 3.05) is 20.8 Å². The maximum Gasteiger partial charge on any atom is 0.407 e. The Morgan fingerprint density at radius 2 is 1.48 bits per heavy atom. The van der Waals surface area contributed by atoms with Crippen molar-refractivity contribution in [3.63, 3.8) is 0 Å². The Kier molecular flexibility index (Phi) is 11.0. The summed E-state index contributed by atoms with van der Waals surface area (Å²) >= 11 is 0. The molecule has 62 heavy (non-hydrogen) atoms. The van der Waals surface area contributed by atoms with Crippen molar-refractivity contribution in [2.45, 2.75) is 103 Å². The van der Waals surface area contributed by atoms with Gasteiger partial charge in [-0.05, 0) is 108 Å². The van der Waals surface area contributed by atoms with Crippen LogP contribution in [-0.2, 0) is 32.1 Å². The number of aromatic nitrogens is 2. The Bertz CT molecular complexity index is 2460. The van der Waals surface area contributed by atoms with E-state index >= 15 is 0 Å². The number of methoxy groups -OCH3 is 2. The van der Waals surface area contributed by atoms with Gasteiger partial charge in [0.2, 0.25) is 11.8 Å². The number of hydrogen-bond donors (Lipinski definition) is 3. The summed E-state index contributed by atoms with van der Waals surface area (Å²) in [6.07, 6.45) is 5.90. The maximum absolute atomic E-state index is 14.1. The van der Waals surface area contributed by atoms with Gasteiger partial charge in [-0.2, -0.15) is 0 Å². The van der Waals surface area contributed by atoms with Crippen molar-refractivity contribution >= 4 is 35.4 Å². The number of benzene rings is 3. The van der Waals surface area contributed by atoms with Gasteiger partial charge in [0.05, 0.1) is 43.9 Å². The number of hydrogen-bond acceptors (Lipinski definition) is 9. The Morgan fingerprint density at radius 3 is 2.23 bits per heavy atom. The molecule has 0 radical (unpaired) electrons. The summed E-state index contributed by atoms with van der Waals surface area (Å²) in [7, 11) is 2.61. The number of imidazole rings is 1. The Hall–Kier alpha value is -6.18. The van der Waals surface area contributed by atoms with Gasteiger partial charge in [-0.15, -0.1) is 0 Å². The summed E-state index contributed by atoms with van der Waals surface area (Å²) in [4.78, 5) is 69.1. The first-order valence-corrected chi connectivity index (χ1v) is 21.9. The van der Waals surface area contributed by atoms with Gasteiger partial charge in [-0.1, -0.05) is 58.0 Å². The van der Waals surface area contributed by atoms with Gasteiger partial charge in [0.25, 0.3) is 0 Å². The molecular weight excluding hydrogens is 787 g/mol. The number of carbonyl (C=O) groups excluding carboxylic acids is 4. The topological polar surface area (TPSA) is 168 Å². The number of ether oxygens (including phenoxy) is 3. The minimum atomic E-state index is -0.694. The molecule has 3 fully saturated rings. The van der Waals surface area contributed by atoms with Crippen molar-refractivity contribution in [1.29, 1.82) is 0 Å². The first-order chi connectivity index (χ1) is 29.9. The van der Waals surface area contributed by atoms with E-state index in [9.17, 15) is 19.2 Å². The fourth-order valence-electron chi connectivity index (χ4n) is 10.4. The van der Waals surface area contributed by atoms with Gasteiger partial charge >= 0.3 is 12.2 Å². The highest BCUT2D eigenvalue weighted by Crippen LogP contribution is 2.47. The standard InChI is InChI=1S/C48H55N7O7/c1-25(2)41(52-47(58)60-5)45(56)54-17-7-8-39(54)44-49-23-38(51-44)29-11-14-34-32(19-29)24-62-40-22-28(10-15-35(34)40)27-12-16-36-31(18-27)21-37(50-36)43-30-9-13-33(20-30)55(43)46(57)42(26(3)4)53-48(59)61-6/h10-12,14-16,18-19,22-23,25-26,30,33,39,41-43H,7-9,13,17,20-21,24H2,1-6H3,(H,49,51)(H,52,58)(H,53,59)/t30-,33+,39-,41-,42?,43-/m0/s1. The van der Waals surface area contributed by atoms with E-state index in [1.165, 1.54) is 14.2 Å². The smallest absolute Gasteiger partial charge is 0.407 e. The van der Waals surface area contributed by atoms with Crippen LogP contribution in [-0.4, -0.2) is 94.4 Å². The van der Waals surface area contributed by atoms with Gasteiger partial charge in [0, 0.05) is 30.3 Å². The van der Waals surface area contributed by atoms with Crippen molar-refractivity contribution in [3.8, 4) is 39.3 Å². The Morgan fingerprint density at radius 1 is 0.806 bits per heavy atom. The van der Waals surface area contributed by atoms with Crippen LogP contribution in [0.25, 0.3) is 33.5 Å². The van der Waals surface area contributed by atoms with Crippen molar-refractivity contribution in [1.82, 2.24) is 30.4 Å². The largest absolute Gasteiger partial charge is 0.488 e. The number of piperidine rings is 1. The number of H-pyrrole nitrogens is 1. The monoisotopic (exact) mass is 841 g/mol. The molecule has 1 aromatic heterocycles. The molecule has 1 saturated carbocycles. The van der Waals surface area contributed by atoms with Crippen LogP contribution in [0.3, 0.4) is 0 Å². The molecule has 1 unspecified atom stereocenters. The average molecular weight is 842 g/mol. The highest BCUT2D eigenvalue weighted by atomic mass is 16.5. The summed E-state index contributed by atoms with van der Waals surface area (Å²) in [5.41, 5.74) is 10.3. The van der Waals surface area contributed by atoms with Crippen LogP contribution in [0.4, 0.5) is 15.3 Å². The molecular formula is C48H55N7O7. The molecule has 2 saturated heterocycles. The van der Waals surface area contributed by atoms with E-state index in [0.717, 1.165) is 99.7 Å². The van der Waals surface area contributed by atoms with Gasteiger partial charge in [0.1, 0.15) is 30.3 Å². The third-order valence-corrected chi connectivity index (χ3v) is 13.5. The zero-order valence-corrected chi connectivity index (χ0v) is 36.2. The summed E-state index contributed by atoms with van der Waals surface area (Å²) in [6.45, 7) is 8.71. The lowest BCUT2D eigenvalue weighted by molar-refractivity contribution is -0.137. The first kappa shape index (κ1) is 41.2. The fraction of sp³-hybridized carbons (Fsp3) is 0.458. The highest BCUT2D eigenvalue weighted by molar-refractivity contribution is 6.02. The number of aliphatic imine (C=N–C) groups is 1. The second-order valence-electron chi connectivity index (χ2n) is 18.0. The summed E-state index contributed by atoms with van der Waals surface area (Å²) in [6, 6.07) is 17.6. The predicted octanol–water partition coefficient (Wildman–Crippen LogP) is 7.74. The molecule has 3 N–H and O–H groups in total. The number of aromatic amines is 1. The number of carbonyl (C=O) groups is 4. The van der Waals surface area contributed by atoms with Crippen LogP contribution >= 0.6 is 0 Å². The predicted molar refractivity (Wildman–Crippen MR) is 234 cm³/mol. The first-order valence-electron chi connectivity index (χ1n) is 21.9. The average Bonchev–Trinajstić information content (AvgIpc) is 4.14. The van der Waals surface area contributed by atoms with E-state index < -0.39 is 24.3 Å². The molecule has 9 rings (SSSR count). The van der Waals surface area contributed by atoms with Gasteiger partial charge in [-0.25, -0.2) is 14.6 Å². The van der Waals surface area contributed by atoms with Crippen LogP contribution in [0.1, 0.15) is 82.8 Å². The third kappa shape index (κ3) is 7.47. The van der Waals surface area contributed by atoms with E-state index in [4.69, 9.17) is 24.2 Å². The molecule has 4 aliphatic heterocycles. The molecule has 6 atom stereocenters. The molecule has 14 nitrogen and oxygen atoms in total. The lowest BCUT2D eigenvalue weighted by atomic mass is 9.90. The molecule has 5 aliphatic rings. The number of fused-ring (bicyclic) bond motifs is 6.